The lowest BCUT2D eigenvalue weighted by molar-refractivity contribution is -0.135. The molecule has 1 unspecified atom stereocenters. The normalized spacial score (nSPS) is 25.3. The van der Waals surface area contributed by atoms with E-state index in [1.807, 2.05) is 6.07 Å². The molecular weight excluding hydrogens is 580 g/mol. The van der Waals surface area contributed by atoms with Gasteiger partial charge in [0.05, 0.1) is 11.3 Å². The highest BCUT2D eigenvalue weighted by Gasteiger charge is 2.72. The SMILES string of the molecule is O=C(C1=C(NC2CCCCC2)C(=O)N(c2ccccc2O)C12C(=O)N(C1CCCCC1)C(=O)N2C1CCCCC1)c1ccccc1. The molecule has 46 heavy (non-hydrogen) atoms. The summed E-state index contributed by atoms with van der Waals surface area (Å²) < 4.78 is 0. The summed E-state index contributed by atoms with van der Waals surface area (Å²) in [7, 11) is 0. The first-order valence-corrected chi connectivity index (χ1v) is 17.3. The average molecular weight is 625 g/mol. The highest BCUT2D eigenvalue weighted by Crippen LogP contribution is 2.52. The van der Waals surface area contributed by atoms with Gasteiger partial charge < -0.3 is 10.4 Å². The molecular formula is C37H44N4O5. The lowest BCUT2D eigenvalue weighted by Gasteiger charge is -2.45. The second-order valence-electron chi connectivity index (χ2n) is 13.6. The predicted octanol–water partition coefficient (Wildman–Crippen LogP) is 6.42. The Bertz CT molecular complexity index is 1540. The predicted molar refractivity (Wildman–Crippen MR) is 174 cm³/mol. The Balaban J connectivity index is 1.51. The van der Waals surface area contributed by atoms with E-state index in [9.17, 15) is 14.7 Å². The maximum atomic E-state index is 15.5. The van der Waals surface area contributed by atoms with Crippen molar-refractivity contribution in [2.24, 2.45) is 0 Å². The molecule has 9 heteroatoms. The molecule has 3 aliphatic carbocycles. The average Bonchev–Trinajstić information content (AvgIpc) is 3.47. The van der Waals surface area contributed by atoms with Gasteiger partial charge in [-0.05, 0) is 50.7 Å². The number of nitrogens with zero attached hydrogens (tertiary/aromatic N) is 3. The molecule has 1 saturated heterocycles. The molecule has 4 fully saturated rings. The van der Waals surface area contributed by atoms with Crippen LogP contribution in [0.4, 0.5) is 10.5 Å². The maximum Gasteiger partial charge on any atom is 0.329 e. The number of anilines is 1. The molecule has 1 spiro atoms. The molecule has 0 radical (unpaired) electrons. The van der Waals surface area contributed by atoms with E-state index in [4.69, 9.17) is 0 Å². The number of ketones is 1. The van der Waals surface area contributed by atoms with Gasteiger partial charge in [0, 0.05) is 23.7 Å². The first kappa shape index (κ1) is 30.5. The molecule has 2 heterocycles. The van der Waals surface area contributed by atoms with Gasteiger partial charge in [0.2, 0.25) is 5.66 Å². The number of hydrogen-bond acceptors (Lipinski definition) is 6. The summed E-state index contributed by atoms with van der Waals surface area (Å²) in [5.41, 5.74) is -1.56. The second-order valence-corrected chi connectivity index (χ2v) is 13.6. The number of para-hydroxylation sites is 2. The van der Waals surface area contributed by atoms with Crippen molar-refractivity contribution in [1.82, 2.24) is 15.1 Å². The van der Waals surface area contributed by atoms with Crippen molar-refractivity contribution in [3.63, 3.8) is 0 Å². The largest absolute Gasteiger partial charge is 0.506 e. The van der Waals surface area contributed by atoms with Crippen LogP contribution in [-0.4, -0.2) is 62.3 Å². The van der Waals surface area contributed by atoms with Crippen molar-refractivity contribution in [1.29, 1.82) is 0 Å². The van der Waals surface area contributed by atoms with Gasteiger partial charge in [-0.25, -0.2) is 4.79 Å². The molecule has 9 nitrogen and oxygen atoms in total. The number of Topliss-reactive ketones (excluding diaryl/α,β-unsaturated/α-hetero) is 1. The summed E-state index contributed by atoms with van der Waals surface area (Å²) in [6.07, 6.45) is 13.1. The summed E-state index contributed by atoms with van der Waals surface area (Å²) in [5, 5.41) is 14.8. The number of amides is 4. The maximum absolute atomic E-state index is 15.5. The minimum absolute atomic E-state index is 0.000223. The van der Waals surface area contributed by atoms with Gasteiger partial charge in [-0.3, -0.25) is 29.1 Å². The summed E-state index contributed by atoms with van der Waals surface area (Å²) in [4.78, 5) is 64.7. The number of rotatable bonds is 7. The summed E-state index contributed by atoms with van der Waals surface area (Å²) in [6.45, 7) is 0. The van der Waals surface area contributed by atoms with E-state index < -0.39 is 29.3 Å². The summed E-state index contributed by atoms with van der Waals surface area (Å²) in [6, 6.07) is 14.0. The fraction of sp³-hybridized carbons (Fsp3) is 0.514. The lowest BCUT2D eigenvalue weighted by atomic mass is 9.85. The number of benzene rings is 2. The van der Waals surface area contributed by atoms with Crippen LogP contribution in [-0.2, 0) is 9.59 Å². The highest BCUT2D eigenvalue weighted by atomic mass is 16.3. The fourth-order valence-corrected chi connectivity index (χ4v) is 8.64. The van der Waals surface area contributed by atoms with Gasteiger partial charge >= 0.3 is 6.03 Å². The smallest absolute Gasteiger partial charge is 0.329 e. The van der Waals surface area contributed by atoms with Gasteiger partial charge in [-0.2, -0.15) is 0 Å². The molecule has 0 bridgehead atoms. The van der Waals surface area contributed by atoms with Crippen molar-refractivity contribution in [3.8, 4) is 5.75 Å². The molecule has 242 valence electrons. The zero-order chi connectivity index (χ0) is 31.8. The molecule has 2 aromatic carbocycles. The zero-order valence-electron chi connectivity index (χ0n) is 26.5. The van der Waals surface area contributed by atoms with Crippen LogP contribution < -0.4 is 10.2 Å². The number of imide groups is 1. The van der Waals surface area contributed by atoms with E-state index in [1.165, 1.54) is 15.9 Å². The Labute approximate surface area is 270 Å². The van der Waals surface area contributed by atoms with Crippen molar-refractivity contribution in [2.45, 2.75) is 120 Å². The molecule has 3 saturated carbocycles. The van der Waals surface area contributed by atoms with Gasteiger partial charge in [-0.15, -0.1) is 0 Å². The van der Waals surface area contributed by atoms with Crippen LogP contribution in [0.3, 0.4) is 0 Å². The van der Waals surface area contributed by atoms with Gasteiger partial charge in [0.1, 0.15) is 11.4 Å². The van der Waals surface area contributed by atoms with E-state index >= 15 is 9.59 Å². The first-order chi connectivity index (χ1) is 22.4. The van der Waals surface area contributed by atoms with Crippen LogP contribution in [0.1, 0.15) is 107 Å². The Morgan fingerprint density at radius 3 is 1.91 bits per heavy atom. The Morgan fingerprint density at radius 1 is 0.717 bits per heavy atom. The van der Waals surface area contributed by atoms with Crippen LogP contribution in [0.25, 0.3) is 0 Å². The summed E-state index contributed by atoms with van der Waals surface area (Å²) in [5.74, 6) is -1.79. The number of phenols is 1. The Morgan fingerprint density at radius 2 is 1.28 bits per heavy atom. The molecule has 0 aromatic heterocycles. The minimum atomic E-state index is -2.07. The van der Waals surface area contributed by atoms with E-state index in [2.05, 4.69) is 5.32 Å². The standard InChI is InChI=1S/C37H44N4O5/c42-30-24-14-13-23-29(30)41-34(44)32(38-26-17-7-2-8-18-26)31(33(43)25-15-5-1-6-16-25)37(41)35(45)39(27-19-9-3-10-20-27)36(46)40(37)28-21-11-4-12-22-28/h1,5-6,13-16,23-24,26-28,38,42H,2-4,7-12,17-22H2. The van der Waals surface area contributed by atoms with Crippen LogP contribution >= 0.6 is 0 Å². The molecule has 2 aliphatic heterocycles. The van der Waals surface area contributed by atoms with Crippen LogP contribution in [0, 0.1) is 0 Å². The van der Waals surface area contributed by atoms with Crippen molar-refractivity contribution in [3.05, 3.63) is 71.4 Å². The van der Waals surface area contributed by atoms with Crippen molar-refractivity contribution < 1.29 is 24.3 Å². The van der Waals surface area contributed by atoms with Crippen molar-refractivity contribution >= 4 is 29.3 Å². The van der Waals surface area contributed by atoms with Gasteiger partial charge in [0.25, 0.3) is 11.8 Å². The highest BCUT2D eigenvalue weighted by molar-refractivity contribution is 6.31. The van der Waals surface area contributed by atoms with Crippen molar-refractivity contribution in [2.75, 3.05) is 4.90 Å². The van der Waals surface area contributed by atoms with E-state index in [1.54, 1.807) is 47.4 Å². The second kappa shape index (κ2) is 12.6. The molecule has 5 aliphatic rings. The number of aromatic hydroxyl groups is 1. The monoisotopic (exact) mass is 624 g/mol. The van der Waals surface area contributed by atoms with Crippen LogP contribution in [0.15, 0.2) is 65.9 Å². The third-order valence-corrected chi connectivity index (χ3v) is 10.8. The van der Waals surface area contributed by atoms with E-state index in [0.29, 0.717) is 31.2 Å². The fourth-order valence-electron chi connectivity index (χ4n) is 8.64. The zero-order valence-corrected chi connectivity index (χ0v) is 26.5. The lowest BCUT2D eigenvalue weighted by Crippen LogP contribution is -2.65. The van der Waals surface area contributed by atoms with Crippen LogP contribution in [0.2, 0.25) is 0 Å². The molecule has 2 aromatic rings. The first-order valence-electron chi connectivity index (χ1n) is 17.3. The number of urea groups is 1. The quantitative estimate of drug-likeness (QED) is 0.272. The number of carbonyl (C=O) groups is 4. The van der Waals surface area contributed by atoms with E-state index in [0.717, 1.165) is 70.6 Å². The van der Waals surface area contributed by atoms with Gasteiger partial charge in [-0.1, -0.05) is 100 Å². The number of carbonyl (C=O) groups excluding carboxylic acids is 4. The topological polar surface area (TPSA) is 110 Å². The molecule has 4 amide bonds. The Kier molecular flexibility index (Phi) is 8.34. The molecule has 1 atom stereocenters. The third-order valence-electron chi connectivity index (χ3n) is 10.8. The number of phenolic OH excluding ortho intramolecular Hbond substituents is 1. The Hall–Kier alpha value is -4.14. The number of hydrogen-bond donors (Lipinski definition) is 2. The minimum Gasteiger partial charge on any atom is -0.506 e. The third kappa shape index (κ3) is 4.90. The van der Waals surface area contributed by atoms with Crippen LogP contribution in [0.5, 0.6) is 5.75 Å². The summed E-state index contributed by atoms with van der Waals surface area (Å²) >= 11 is 0. The number of nitrogens with one attached hydrogen (secondary N) is 1. The van der Waals surface area contributed by atoms with E-state index in [-0.39, 0.29) is 40.8 Å². The molecule has 7 rings (SSSR count). The van der Waals surface area contributed by atoms with Gasteiger partial charge in [0.15, 0.2) is 5.78 Å². The molecule has 2 N–H and O–H groups in total.